The van der Waals surface area contributed by atoms with Crippen molar-refractivity contribution in [2.45, 2.75) is 19.9 Å². The van der Waals surface area contributed by atoms with Crippen molar-refractivity contribution in [2.24, 2.45) is 11.1 Å². The molecule has 1 heterocycles. The summed E-state index contributed by atoms with van der Waals surface area (Å²) in [5.41, 5.74) is 5.77. The molecule has 0 saturated heterocycles. The van der Waals surface area contributed by atoms with Gasteiger partial charge in [-0.3, -0.25) is 0 Å². The Labute approximate surface area is 90.9 Å². The number of nitrogens with two attached hydrogens (primary N) is 1. The van der Waals surface area contributed by atoms with Crippen molar-refractivity contribution in [2.75, 3.05) is 6.61 Å². The highest BCUT2D eigenvalue weighted by atomic mass is 79.9. The van der Waals surface area contributed by atoms with Gasteiger partial charge in [-0.1, -0.05) is 13.8 Å². The Morgan fingerprint density at radius 2 is 2.23 bits per heavy atom. The molecule has 0 bridgehead atoms. The molecule has 4 heteroatoms. The van der Waals surface area contributed by atoms with Crippen molar-refractivity contribution < 1.29 is 5.11 Å². The van der Waals surface area contributed by atoms with Crippen LogP contribution in [-0.4, -0.2) is 11.7 Å². The maximum absolute atomic E-state index is 9.15. The largest absolute Gasteiger partial charge is 0.396 e. The topological polar surface area (TPSA) is 46.2 Å². The molecule has 0 radical (unpaired) electrons. The third-order valence-corrected chi connectivity index (χ3v) is 3.86. The van der Waals surface area contributed by atoms with Crippen LogP contribution >= 0.6 is 27.3 Å². The molecule has 1 aromatic rings. The summed E-state index contributed by atoms with van der Waals surface area (Å²) < 4.78 is 1.08. The van der Waals surface area contributed by atoms with Gasteiger partial charge >= 0.3 is 0 Å². The molecule has 1 aromatic heterocycles. The molecule has 3 N–H and O–H groups in total. The number of thiophene rings is 1. The number of hydrogen-bond donors (Lipinski definition) is 2. The third-order valence-electron chi connectivity index (χ3n) is 2.15. The summed E-state index contributed by atoms with van der Waals surface area (Å²) in [6.07, 6.45) is 0. The smallest absolute Gasteiger partial charge is 0.0701 e. The third kappa shape index (κ3) is 2.53. The van der Waals surface area contributed by atoms with Gasteiger partial charge < -0.3 is 10.8 Å². The van der Waals surface area contributed by atoms with E-state index < -0.39 is 0 Å². The fourth-order valence-electron chi connectivity index (χ4n) is 0.979. The fourth-order valence-corrected chi connectivity index (χ4v) is 2.62. The predicted octanol–water partition coefficient (Wildman–Crippen LogP) is 2.53. The van der Waals surface area contributed by atoms with Crippen LogP contribution in [0, 0.1) is 5.41 Å². The summed E-state index contributed by atoms with van der Waals surface area (Å²) in [6.45, 7) is 4.03. The standard InChI is InChI=1S/C9H14BrNOS/c1-9(2,5-12)8(11)6-3-4-7(10)13-6/h3-4,8,12H,5,11H2,1-2H3/t8-/m0/s1. The molecule has 0 aliphatic heterocycles. The van der Waals surface area contributed by atoms with Crippen molar-refractivity contribution in [3.63, 3.8) is 0 Å². The van der Waals surface area contributed by atoms with Gasteiger partial charge in [-0.05, 0) is 28.1 Å². The van der Waals surface area contributed by atoms with Gasteiger partial charge in [0.2, 0.25) is 0 Å². The summed E-state index contributed by atoms with van der Waals surface area (Å²) in [6, 6.07) is 3.87. The van der Waals surface area contributed by atoms with Gasteiger partial charge in [0.1, 0.15) is 0 Å². The van der Waals surface area contributed by atoms with Gasteiger partial charge in [-0.25, -0.2) is 0 Å². The maximum Gasteiger partial charge on any atom is 0.0701 e. The Kier molecular flexibility index (Phi) is 3.51. The first-order valence-corrected chi connectivity index (χ1v) is 5.70. The van der Waals surface area contributed by atoms with Crippen LogP contribution in [-0.2, 0) is 0 Å². The maximum atomic E-state index is 9.15. The van der Waals surface area contributed by atoms with Crippen LogP contribution in [0.3, 0.4) is 0 Å². The van der Waals surface area contributed by atoms with E-state index in [-0.39, 0.29) is 18.1 Å². The normalized spacial score (nSPS) is 14.5. The first-order chi connectivity index (χ1) is 5.97. The molecular formula is C9H14BrNOS. The van der Waals surface area contributed by atoms with Gasteiger partial charge in [0, 0.05) is 16.3 Å². The molecule has 0 spiro atoms. The van der Waals surface area contributed by atoms with Crippen molar-refractivity contribution in [3.8, 4) is 0 Å². The van der Waals surface area contributed by atoms with E-state index in [2.05, 4.69) is 15.9 Å². The Morgan fingerprint density at radius 1 is 1.62 bits per heavy atom. The van der Waals surface area contributed by atoms with Crippen molar-refractivity contribution in [1.29, 1.82) is 0 Å². The van der Waals surface area contributed by atoms with Crippen LogP contribution in [0.2, 0.25) is 0 Å². The monoisotopic (exact) mass is 263 g/mol. The number of hydrogen-bond acceptors (Lipinski definition) is 3. The van der Waals surface area contributed by atoms with E-state index in [1.807, 2.05) is 26.0 Å². The molecule has 1 atom stereocenters. The van der Waals surface area contributed by atoms with Crippen molar-refractivity contribution in [3.05, 3.63) is 20.8 Å². The average Bonchev–Trinajstić information content (AvgIpc) is 2.50. The first-order valence-electron chi connectivity index (χ1n) is 4.09. The molecule has 13 heavy (non-hydrogen) atoms. The van der Waals surface area contributed by atoms with Crippen LogP contribution < -0.4 is 5.73 Å². The second-order valence-electron chi connectivity index (χ2n) is 3.77. The van der Waals surface area contributed by atoms with E-state index in [1.165, 1.54) is 0 Å². The van der Waals surface area contributed by atoms with Gasteiger partial charge in [0.05, 0.1) is 10.4 Å². The molecule has 1 rings (SSSR count). The van der Waals surface area contributed by atoms with Crippen LogP contribution in [0.1, 0.15) is 24.8 Å². The lowest BCUT2D eigenvalue weighted by Gasteiger charge is -2.28. The van der Waals surface area contributed by atoms with Crippen molar-refractivity contribution in [1.82, 2.24) is 0 Å². The van der Waals surface area contributed by atoms with Crippen LogP contribution in [0.25, 0.3) is 0 Å². The highest BCUT2D eigenvalue weighted by molar-refractivity contribution is 9.11. The summed E-state index contributed by atoms with van der Waals surface area (Å²) in [4.78, 5) is 1.10. The molecule has 0 aliphatic rings. The predicted molar refractivity (Wildman–Crippen MR) is 59.8 cm³/mol. The molecule has 0 aromatic carbocycles. The van der Waals surface area contributed by atoms with Crippen LogP contribution in [0.5, 0.6) is 0 Å². The van der Waals surface area contributed by atoms with E-state index in [9.17, 15) is 0 Å². The second-order valence-corrected chi connectivity index (χ2v) is 6.26. The summed E-state index contributed by atoms with van der Waals surface area (Å²) in [7, 11) is 0. The van der Waals surface area contributed by atoms with Gasteiger partial charge in [-0.2, -0.15) is 0 Å². The molecule has 0 unspecified atom stereocenters. The highest BCUT2D eigenvalue weighted by Gasteiger charge is 2.27. The lowest BCUT2D eigenvalue weighted by atomic mass is 9.85. The Balaban J connectivity index is 2.84. The average molecular weight is 264 g/mol. The van der Waals surface area contributed by atoms with Crippen molar-refractivity contribution >= 4 is 27.3 Å². The van der Waals surface area contributed by atoms with Gasteiger partial charge in [0.15, 0.2) is 0 Å². The number of aliphatic hydroxyl groups excluding tert-OH is 1. The second kappa shape index (κ2) is 4.09. The molecule has 2 nitrogen and oxygen atoms in total. The SMILES string of the molecule is CC(C)(CO)[C@@H](N)c1ccc(Br)s1. The van der Waals surface area contributed by atoms with E-state index in [1.54, 1.807) is 11.3 Å². The molecule has 0 saturated carbocycles. The highest BCUT2D eigenvalue weighted by Crippen LogP contribution is 2.35. The zero-order chi connectivity index (χ0) is 10.1. The van der Waals surface area contributed by atoms with E-state index in [4.69, 9.17) is 10.8 Å². The Hall–Kier alpha value is 0.1000. The minimum Gasteiger partial charge on any atom is -0.396 e. The quantitative estimate of drug-likeness (QED) is 0.881. The van der Waals surface area contributed by atoms with E-state index >= 15 is 0 Å². The first kappa shape index (κ1) is 11.2. The van der Waals surface area contributed by atoms with E-state index in [0.717, 1.165) is 8.66 Å². The number of aliphatic hydroxyl groups is 1. The zero-order valence-corrected chi connectivity index (χ0v) is 10.2. The van der Waals surface area contributed by atoms with Crippen LogP contribution in [0.4, 0.5) is 0 Å². The Morgan fingerprint density at radius 3 is 2.62 bits per heavy atom. The molecular weight excluding hydrogens is 250 g/mol. The summed E-state index contributed by atoms with van der Waals surface area (Å²) >= 11 is 5.01. The van der Waals surface area contributed by atoms with E-state index in [0.29, 0.717) is 0 Å². The lowest BCUT2D eigenvalue weighted by molar-refractivity contribution is 0.133. The molecule has 0 fully saturated rings. The number of rotatable bonds is 3. The minimum absolute atomic E-state index is 0.101. The Bertz CT molecular complexity index is 285. The summed E-state index contributed by atoms with van der Waals surface area (Å²) in [5, 5.41) is 9.15. The van der Waals surface area contributed by atoms with Crippen LogP contribution in [0.15, 0.2) is 15.9 Å². The molecule has 0 aliphatic carbocycles. The fraction of sp³-hybridized carbons (Fsp3) is 0.556. The van der Waals surface area contributed by atoms with Gasteiger partial charge in [0.25, 0.3) is 0 Å². The van der Waals surface area contributed by atoms with Gasteiger partial charge in [-0.15, -0.1) is 11.3 Å². The molecule has 0 amide bonds. The summed E-state index contributed by atoms with van der Waals surface area (Å²) in [5.74, 6) is 0. The number of halogens is 1. The molecule has 74 valence electrons. The zero-order valence-electron chi connectivity index (χ0n) is 7.75. The minimum atomic E-state index is -0.260. The lowest BCUT2D eigenvalue weighted by Crippen LogP contribution is -2.31.